The first kappa shape index (κ1) is 13.4. The first-order valence-corrected chi connectivity index (χ1v) is 6.82. The van der Waals surface area contributed by atoms with E-state index in [2.05, 4.69) is 5.16 Å². The van der Waals surface area contributed by atoms with Gasteiger partial charge in [0.15, 0.2) is 5.78 Å². The minimum absolute atomic E-state index is 0.116. The van der Waals surface area contributed by atoms with Crippen molar-refractivity contribution in [3.8, 4) is 5.75 Å². The number of rotatable bonds is 2. The Labute approximate surface area is 122 Å². The molecule has 2 aromatic rings. The van der Waals surface area contributed by atoms with Gasteiger partial charge in [-0.15, -0.1) is 0 Å². The SMILES string of the molecule is O=C(c1ccc(O)cc1)C1/C(=N\O)CCc2ccccc21. The molecule has 106 valence electrons. The molecule has 1 aliphatic rings. The highest BCUT2D eigenvalue weighted by molar-refractivity contribution is 6.17. The van der Waals surface area contributed by atoms with E-state index in [1.165, 1.54) is 12.1 Å². The molecule has 2 aromatic carbocycles. The molecule has 4 heteroatoms. The predicted molar refractivity (Wildman–Crippen MR) is 79.2 cm³/mol. The average Bonchev–Trinajstić information content (AvgIpc) is 2.53. The van der Waals surface area contributed by atoms with E-state index in [-0.39, 0.29) is 11.5 Å². The van der Waals surface area contributed by atoms with Crippen molar-refractivity contribution in [2.45, 2.75) is 18.8 Å². The van der Waals surface area contributed by atoms with E-state index in [1.807, 2.05) is 24.3 Å². The standard InChI is InChI=1S/C17H15NO3/c19-13-8-5-12(6-9-13)17(20)16-14-4-2-1-3-11(14)7-10-15(16)18-21/h1-6,8-9,16,19,21H,7,10H2/b18-15-. The molecule has 0 spiro atoms. The van der Waals surface area contributed by atoms with Gasteiger partial charge in [0.2, 0.25) is 0 Å². The first-order chi connectivity index (χ1) is 10.2. The summed E-state index contributed by atoms with van der Waals surface area (Å²) in [5.74, 6) is -0.550. The van der Waals surface area contributed by atoms with E-state index in [0.29, 0.717) is 17.7 Å². The molecule has 2 N–H and O–H groups in total. The van der Waals surface area contributed by atoms with Gasteiger partial charge in [0.25, 0.3) is 0 Å². The van der Waals surface area contributed by atoms with Crippen LogP contribution < -0.4 is 0 Å². The highest BCUT2D eigenvalue weighted by atomic mass is 16.4. The van der Waals surface area contributed by atoms with Gasteiger partial charge in [-0.2, -0.15) is 0 Å². The van der Waals surface area contributed by atoms with Crippen LogP contribution in [0.4, 0.5) is 0 Å². The second-order valence-electron chi connectivity index (χ2n) is 5.13. The van der Waals surface area contributed by atoms with Crippen LogP contribution in [0.5, 0.6) is 5.75 Å². The lowest BCUT2D eigenvalue weighted by atomic mass is 9.77. The molecule has 0 radical (unpaired) electrons. The van der Waals surface area contributed by atoms with Gasteiger partial charge in [0, 0.05) is 5.56 Å². The van der Waals surface area contributed by atoms with Crippen molar-refractivity contribution in [3.63, 3.8) is 0 Å². The number of phenolic OH excluding ortho intramolecular Hbond substituents is 1. The van der Waals surface area contributed by atoms with Gasteiger partial charge in [-0.3, -0.25) is 4.79 Å². The van der Waals surface area contributed by atoms with Crippen molar-refractivity contribution in [2.24, 2.45) is 5.16 Å². The third kappa shape index (κ3) is 2.40. The summed E-state index contributed by atoms with van der Waals surface area (Å²) in [6.07, 6.45) is 1.34. The van der Waals surface area contributed by atoms with Crippen LogP contribution in [-0.2, 0) is 6.42 Å². The Morgan fingerprint density at radius 3 is 2.48 bits per heavy atom. The zero-order chi connectivity index (χ0) is 14.8. The molecular weight excluding hydrogens is 266 g/mol. The molecular formula is C17H15NO3. The molecule has 3 rings (SSSR count). The van der Waals surface area contributed by atoms with Crippen molar-refractivity contribution >= 4 is 11.5 Å². The Hall–Kier alpha value is -2.62. The molecule has 1 atom stereocenters. The van der Waals surface area contributed by atoms with Crippen LogP contribution in [0.15, 0.2) is 53.7 Å². The number of oxime groups is 1. The molecule has 1 aliphatic carbocycles. The zero-order valence-corrected chi connectivity index (χ0v) is 11.4. The quantitative estimate of drug-likeness (QED) is 0.505. The summed E-state index contributed by atoms with van der Waals surface area (Å²) in [6, 6.07) is 13.9. The van der Waals surface area contributed by atoms with Gasteiger partial charge in [-0.1, -0.05) is 29.4 Å². The minimum atomic E-state index is -0.551. The lowest BCUT2D eigenvalue weighted by Gasteiger charge is -2.25. The fourth-order valence-corrected chi connectivity index (χ4v) is 2.82. The fraction of sp³-hybridized carbons (Fsp3) is 0.176. The molecule has 4 nitrogen and oxygen atoms in total. The predicted octanol–water partition coefficient (Wildman–Crippen LogP) is 3.14. The van der Waals surface area contributed by atoms with Crippen molar-refractivity contribution in [2.75, 3.05) is 0 Å². The number of hydrogen-bond acceptors (Lipinski definition) is 4. The van der Waals surface area contributed by atoms with Crippen LogP contribution in [0, 0.1) is 0 Å². The highest BCUT2D eigenvalue weighted by Crippen LogP contribution is 2.32. The summed E-state index contributed by atoms with van der Waals surface area (Å²) in [6.45, 7) is 0. The van der Waals surface area contributed by atoms with Crippen molar-refractivity contribution < 1.29 is 15.1 Å². The number of nitrogens with zero attached hydrogens (tertiary/aromatic N) is 1. The molecule has 1 unspecified atom stereocenters. The Balaban J connectivity index is 2.06. The fourth-order valence-electron chi connectivity index (χ4n) is 2.82. The van der Waals surface area contributed by atoms with Gasteiger partial charge >= 0.3 is 0 Å². The summed E-state index contributed by atoms with van der Waals surface area (Å²) < 4.78 is 0. The molecule has 0 aromatic heterocycles. The number of fused-ring (bicyclic) bond motifs is 1. The third-order valence-electron chi connectivity index (χ3n) is 3.89. The Kier molecular flexibility index (Phi) is 3.44. The van der Waals surface area contributed by atoms with Crippen LogP contribution in [0.3, 0.4) is 0 Å². The molecule has 0 saturated carbocycles. The van der Waals surface area contributed by atoms with Crippen LogP contribution in [-0.4, -0.2) is 21.8 Å². The third-order valence-corrected chi connectivity index (χ3v) is 3.89. The van der Waals surface area contributed by atoms with Gasteiger partial charge in [0.1, 0.15) is 5.75 Å². The highest BCUT2D eigenvalue weighted by Gasteiger charge is 2.32. The van der Waals surface area contributed by atoms with Gasteiger partial charge < -0.3 is 10.3 Å². The second-order valence-corrected chi connectivity index (χ2v) is 5.13. The number of carbonyl (C=O) groups excluding carboxylic acids is 1. The molecule has 0 saturated heterocycles. The topological polar surface area (TPSA) is 69.9 Å². The summed E-state index contributed by atoms with van der Waals surface area (Å²) >= 11 is 0. The maximum atomic E-state index is 12.8. The van der Waals surface area contributed by atoms with E-state index in [4.69, 9.17) is 0 Å². The Bertz CT molecular complexity index is 704. The summed E-state index contributed by atoms with van der Waals surface area (Å²) in [5, 5.41) is 21.9. The first-order valence-electron chi connectivity index (χ1n) is 6.82. The number of carbonyl (C=O) groups is 1. The van der Waals surface area contributed by atoms with Crippen molar-refractivity contribution in [1.82, 2.24) is 0 Å². The van der Waals surface area contributed by atoms with Crippen LogP contribution in [0.25, 0.3) is 0 Å². The van der Waals surface area contributed by atoms with E-state index in [9.17, 15) is 15.1 Å². The number of ketones is 1. The molecule has 0 heterocycles. The lowest BCUT2D eigenvalue weighted by Crippen LogP contribution is -2.27. The van der Waals surface area contributed by atoms with Crippen LogP contribution in [0.2, 0.25) is 0 Å². The summed E-state index contributed by atoms with van der Waals surface area (Å²) in [7, 11) is 0. The second kappa shape index (κ2) is 5.40. The summed E-state index contributed by atoms with van der Waals surface area (Å²) in [5.41, 5.74) is 3.00. The van der Waals surface area contributed by atoms with Crippen LogP contribution in [0.1, 0.15) is 33.8 Å². The monoisotopic (exact) mass is 281 g/mol. The van der Waals surface area contributed by atoms with E-state index < -0.39 is 5.92 Å². The number of Topliss-reactive ketones (excluding diaryl/α,β-unsaturated/α-hetero) is 1. The minimum Gasteiger partial charge on any atom is -0.508 e. The Morgan fingerprint density at radius 2 is 1.76 bits per heavy atom. The zero-order valence-electron chi connectivity index (χ0n) is 11.4. The normalized spacial score (nSPS) is 19.2. The lowest BCUT2D eigenvalue weighted by molar-refractivity contribution is 0.0979. The summed E-state index contributed by atoms with van der Waals surface area (Å²) in [4.78, 5) is 12.8. The number of aryl methyl sites for hydroxylation is 1. The van der Waals surface area contributed by atoms with Crippen molar-refractivity contribution in [3.05, 3.63) is 65.2 Å². The van der Waals surface area contributed by atoms with E-state index in [1.54, 1.807) is 12.1 Å². The van der Waals surface area contributed by atoms with Gasteiger partial charge in [-0.25, -0.2) is 0 Å². The maximum Gasteiger partial charge on any atom is 0.176 e. The van der Waals surface area contributed by atoms with Crippen LogP contribution >= 0.6 is 0 Å². The Morgan fingerprint density at radius 1 is 1.05 bits per heavy atom. The van der Waals surface area contributed by atoms with Crippen molar-refractivity contribution in [1.29, 1.82) is 0 Å². The molecule has 0 fully saturated rings. The maximum absolute atomic E-state index is 12.8. The largest absolute Gasteiger partial charge is 0.508 e. The molecule has 0 bridgehead atoms. The van der Waals surface area contributed by atoms with Gasteiger partial charge in [0.05, 0.1) is 11.6 Å². The molecule has 0 aliphatic heterocycles. The number of aromatic hydroxyl groups is 1. The number of phenols is 1. The average molecular weight is 281 g/mol. The van der Waals surface area contributed by atoms with E-state index in [0.717, 1.165) is 17.5 Å². The number of hydrogen-bond donors (Lipinski definition) is 2. The molecule has 21 heavy (non-hydrogen) atoms. The smallest absolute Gasteiger partial charge is 0.176 e. The number of benzene rings is 2. The molecule has 0 amide bonds. The van der Waals surface area contributed by atoms with Gasteiger partial charge in [-0.05, 0) is 48.2 Å². The van der Waals surface area contributed by atoms with E-state index >= 15 is 0 Å².